The van der Waals surface area contributed by atoms with Crippen molar-refractivity contribution in [1.29, 1.82) is 5.26 Å². The van der Waals surface area contributed by atoms with Crippen molar-refractivity contribution in [1.82, 2.24) is 0 Å². The molecule has 0 saturated carbocycles. The molecule has 34 heavy (non-hydrogen) atoms. The molecule has 0 aliphatic heterocycles. The van der Waals surface area contributed by atoms with Crippen LogP contribution in [0.5, 0.6) is 17.2 Å². The van der Waals surface area contributed by atoms with E-state index in [0.717, 1.165) is 5.56 Å². The molecular formula is C25H19BrClFN2O4. The van der Waals surface area contributed by atoms with E-state index >= 15 is 0 Å². The Balaban J connectivity index is 1.76. The summed E-state index contributed by atoms with van der Waals surface area (Å²) in [5.74, 6) is 0.287. The number of methoxy groups -OCH3 is 2. The smallest absolute Gasteiger partial charge is 0.266 e. The Labute approximate surface area is 209 Å². The number of nitrogens with zero attached hydrogens (tertiary/aromatic N) is 1. The molecule has 3 rings (SSSR count). The van der Waals surface area contributed by atoms with Gasteiger partial charge in [-0.05, 0) is 57.4 Å². The van der Waals surface area contributed by atoms with E-state index in [1.165, 1.54) is 44.6 Å². The summed E-state index contributed by atoms with van der Waals surface area (Å²) < 4.78 is 29.9. The molecule has 3 aromatic carbocycles. The maximum Gasteiger partial charge on any atom is 0.266 e. The summed E-state index contributed by atoms with van der Waals surface area (Å²) in [4.78, 5) is 12.7. The molecule has 9 heteroatoms. The van der Waals surface area contributed by atoms with E-state index in [2.05, 4.69) is 21.2 Å². The highest BCUT2D eigenvalue weighted by Gasteiger charge is 2.16. The number of carbonyl (C=O) groups excluding carboxylic acids is 1. The molecule has 0 saturated heterocycles. The second-order valence-electron chi connectivity index (χ2n) is 6.92. The summed E-state index contributed by atoms with van der Waals surface area (Å²) in [7, 11) is 2.89. The van der Waals surface area contributed by atoms with Gasteiger partial charge in [0.05, 0.1) is 29.4 Å². The van der Waals surface area contributed by atoms with Gasteiger partial charge >= 0.3 is 0 Å². The lowest BCUT2D eigenvalue weighted by molar-refractivity contribution is -0.112. The zero-order chi connectivity index (χ0) is 24.7. The van der Waals surface area contributed by atoms with Crippen molar-refractivity contribution in [2.24, 2.45) is 0 Å². The van der Waals surface area contributed by atoms with Crippen LogP contribution in [0.2, 0.25) is 5.02 Å². The summed E-state index contributed by atoms with van der Waals surface area (Å²) >= 11 is 9.53. The molecule has 0 spiro atoms. The largest absolute Gasteiger partial charge is 0.495 e. The molecule has 174 valence electrons. The highest BCUT2D eigenvalue weighted by Crippen LogP contribution is 2.36. The van der Waals surface area contributed by atoms with Gasteiger partial charge in [0.2, 0.25) is 0 Å². The van der Waals surface area contributed by atoms with Crippen LogP contribution in [0, 0.1) is 17.1 Å². The van der Waals surface area contributed by atoms with E-state index in [0.29, 0.717) is 38.0 Å². The van der Waals surface area contributed by atoms with Crippen LogP contribution in [0.25, 0.3) is 6.08 Å². The van der Waals surface area contributed by atoms with Crippen LogP contribution in [0.3, 0.4) is 0 Å². The molecule has 0 aliphatic carbocycles. The Morgan fingerprint density at radius 3 is 2.41 bits per heavy atom. The minimum Gasteiger partial charge on any atom is -0.495 e. The fraction of sp³-hybridized carbons (Fsp3) is 0.120. The van der Waals surface area contributed by atoms with Crippen LogP contribution in [-0.4, -0.2) is 20.1 Å². The monoisotopic (exact) mass is 544 g/mol. The van der Waals surface area contributed by atoms with Gasteiger partial charge in [0.25, 0.3) is 5.91 Å². The average Bonchev–Trinajstić information content (AvgIpc) is 2.83. The first-order valence-electron chi connectivity index (χ1n) is 9.86. The number of nitrogens with one attached hydrogen (secondary N) is 1. The standard InChI is InChI=1S/C25H19BrClFN2O4/c1-32-23-12-21(24(33-2)11-20(23)27)30-25(31)17(13-29)9-16-5-8-22(19(26)10-16)34-14-15-3-6-18(28)7-4-15/h3-12H,14H2,1-2H3,(H,30,31)/b17-9+. The van der Waals surface area contributed by atoms with E-state index in [4.69, 9.17) is 25.8 Å². The van der Waals surface area contributed by atoms with Crippen LogP contribution < -0.4 is 19.5 Å². The van der Waals surface area contributed by atoms with Gasteiger partial charge in [0.15, 0.2) is 0 Å². The lowest BCUT2D eigenvalue weighted by Gasteiger charge is -2.13. The first kappa shape index (κ1) is 25.1. The Bertz CT molecular complexity index is 1270. The third-order valence-electron chi connectivity index (χ3n) is 4.66. The van der Waals surface area contributed by atoms with Crippen LogP contribution in [-0.2, 0) is 11.4 Å². The van der Waals surface area contributed by atoms with Crippen LogP contribution >= 0.6 is 27.5 Å². The summed E-state index contributed by atoms with van der Waals surface area (Å²) in [5, 5.41) is 12.5. The first-order chi connectivity index (χ1) is 16.3. The predicted molar refractivity (Wildman–Crippen MR) is 132 cm³/mol. The van der Waals surface area contributed by atoms with Gasteiger partial charge in [-0.1, -0.05) is 29.8 Å². The lowest BCUT2D eigenvalue weighted by atomic mass is 10.1. The molecule has 0 unspecified atom stereocenters. The Hall–Kier alpha value is -3.54. The third kappa shape index (κ3) is 6.28. The Morgan fingerprint density at radius 1 is 1.09 bits per heavy atom. The first-order valence-corrected chi connectivity index (χ1v) is 11.0. The number of hydrogen-bond acceptors (Lipinski definition) is 5. The average molecular weight is 546 g/mol. The summed E-state index contributed by atoms with van der Waals surface area (Å²) in [5.41, 5.74) is 1.60. The van der Waals surface area contributed by atoms with Crippen molar-refractivity contribution in [3.8, 4) is 23.3 Å². The molecule has 1 N–H and O–H groups in total. The minimum absolute atomic E-state index is 0.122. The Morgan fingerprint density at radius 2 is 1.79 bits per heavy atom. The normalized spacial score (nSPS) is 10.9. The van der Waals surface area contributed by atoms with Crippen molar-refractivity contribution in [3.63, 3.8) is 0 Å². The van der Waals surface area contributed by atoms with Crippen LogP contribution in [0.15, 0.2) is 64.6 Å². The number of anilines is 1. The SMILES string of the molecule is COc1cc(NC(=O)/C(C#N)=C/c2ccc(OCc3ccc(F)cc3)c(Br)c2)c(OC)cc1Cl. The molecule has 0 aromatic heterocycles. The summed E-state index contributed by atoms with van der Waals surface area (Å²) in [6, 6.07) is 16.1. The van der Waals surface area contributed by atoms with Gasteiger partial charge in [-0.3, -0.25) is 4.79 Å². The predicted octanol–water partition coefficient (Wildman–Crippen LogP) is 6.38. The highest BCUT2D eigenvalue weighted by molar-refractivity contribution is 9.10. The number of hydrogen-bond donors (Lipinski definition) is 1. The van der Waals surface area contributed by atoms with Crippen molar-refractivity contribution in [3.05, 3.63) is 86.6 Å². The topological polar surface area (TPSA) is 80.6 Å². The second-order valence-corrected chi connectivity index (χ2v) is 8.18. The van der Waals surface area contributed by atoms with E-state index in [1.807, 2.05) is 6.07 Å². The minimum atomic E-state index is -0.627. The number of ether oxygens (including phenoxy) is 3. The Kier molecular flexibility index (Phi) is 8.52. The van der Waals surface area contributed by atoms with Gasteiger partial charge in [0.1, 0.15) is 41.3 Å². The van der Waals surface area contributed by atoms with E-state index in [-0.39, 0.29) is 18.0 Å². The zero-order valence-electron chi connectivity index (χ0n) is 18.2. The van der Waals surface area contributed by atoms with Crippen molar-refractivity contribution >= 4 is 45.2 Å². The molecule has 0 bridgehead atoms. The molecule has 6 nitrogen and oxygen atoms in total. The zero-order valence-corrected chi connectivity index (χ0v) is 20.5. The quantitative estimate of drug-likeness (QED) is 0.262. The molecule has 1 amide bonds. The molecule has 0 radical (unpaired) electrons. The molecule has 3 aromatic rings. The van der Waals surface area contributed by atoms with Gasteiger partial charge < -0.3 is 19.5 Å². The number of carbonyl (C=O) groups is 1. The lowest BCUT2D eigenvalue weighted by Crippen LogP contribution is -2.14. The number of amides is 1. The number of halogens is 3. The third-order valence-corrected chi connectivity index (χ3v) is 5.58. The van der Waals surface area contributed by atoms with E-state index in [9.17, 15) is 14.4 Å². The number of nitriles is 1. The van der Waals surface area contributed by atoms with Gasteiger partial charge in [-0.25, -0.2) is 4.39 Å². The fourth-order valence-corrected chi connectivity index (χ4v) is 3.67. The molecular weight excluding hydrogens is 527 g/mol. The van der Waals surface area contributed by atoms with Gasteiger partial charge in [0, 0.05) is 12.1 Å². The summed E-state index contributed by atoms with van der Waals surface area (Å²) in [6.45, 7) is 0.256. The van der Waals surface area contributed by atoms with Gasteiger partial charge in [-0.15, -0.1) is 0 Å². The molecule has 0 fully saturated rings. The molecule has 0 atom stereocenters. The van der Waals surface area contributed by atoms with Crippen molar-refractivity contribution in [2.75, 3.05) is 19.5 Å². The van der Waals surface area contributed by atoms with E-state index < -0.39 is 5.91 Å². The maximum atomic E-state index is 13.0. The van der Waals surface area contributed by atoms with Crippen LogP contribution in [0.1, 0.15) is 11.1 Å². The number of benzene rings is 3. The van der Waals surface area contributed by atoms with Gasteiger partial charge in [-0.2, -0.15) is 5.26 Å². The van der Waals surface area contributed by atoms with Crippen molar-refractivity contribution < 1.29 is 23.4 Å². The molecule has 0 aliphatic rings. The highest BCUT2D eigenvalue weighted by atomic mass is 79.9. The second kappa shape index (κ2) is 11.5. The summed E-state index contributed by atoms with van der Waals surface area (Å²) in [6.07, 6.45) is 1.45. The number of rotatable bonds is 8. The van der Waals surface area contributed by atoms with E-state index in [1.54, 1.807) is 30.3 Å². The molecule has 0 heterocycles. The fourth-order valence-electron chi connectivity index (χ4n) is 2.93. The maximum absolute atomic E-state index is 13.0. The van der Waals surface area contributed by atoms with Crippen LogP contribution in [0.4, 0.5) is 10.1 Å². The van der Waals surface area contributed by atoms with Crippen molar-refractivity contribution in [2.45, 2.75) is 6.61 Å².